The first-order valence-electron chi connectivity index (χ1n) is 7.56. The second-order valence-corrected chi connectivity index (χ2v) is 5.70. The zero-order chi connectivity index (χ0) is 16.8. The average molecular weight is 311 g/mol. The highest BCUT2D eigenvalue weighted by molar-refractivity contribution is 5.99. The van der Waals surface area contributed by atoms with Gasteiger partial charge in [0.15, 0.2) is 0 Å². The van der Waals surface area contributed by atoms with Gasteiger partial charge in [-0.05, 0) is 38.0 Å². The molecule has 0 aliphatic carbocycles. The lowest BCUT2D eigenvalue weighted by molar-refractivity contribution is 0.0942. The predicted octanol–water partition coefficient (Wildman–Crippen LogP) is 2.46. The average Bonchev–Trinajstić information content (AvgIpc) is 2.53. The number of hydrogen-bond donors (Lipinski definition) is 2. The standard InChI is InChI=1S/C18H21N3O2/c1-12(2)21-18(23)16-8-15(9-19-10-16)17(22)20-11-14-7-5-4-6-13(14)3/h4-10,12H,11H2,1-3H3,(H,20,22)(H,21,23). The molecule has 23 heavy (non-hydrogen) atoms. The number of nitrogens with zero attached hydrogens (tertiary/aromatic N) is 1. The van der Waals surface area contributed by atoms with Crippen molar-refractivity contribution in [2.75, 3.05) is 0 Å². The molecule has 1 heterocycles. The maximum Gasteiger partial charge on any atom is 0.253 e. The fraction of sp³-hybridized carbons (Fsp3) is 0.278. The molecular formula is C18H21N3O2. The fourth-order valence-electron chi connectivity index (χ4n) is 2.12. The monoisotopic (exact) mass is 311 g/mol. The van der Waals surface area contributed by atoms with Crippen molar-refractivity contribution < 1.29 is 9.59 Å². The van der Waals surface area contributed by atoms with Crippen LogP contribution in [0.2, 0.25) is 0 Å². The minimum absolute atomic E-state index is 0.0287. The lowest BCUT2D eigenvalue weighted by Crippen LogP contribution is -2.30. The van der Waals surface area contributed by atoms with Crippen LogP contribution in [0.15, 0.2) is 42.7 Å². The maximum atomic E-state index is 12.2. The van der Waals surface area contributed by atoms with E-state index in [0.29, 0.717) is 17.7 Å². The second-order valence-electron chi connectivity index (χ2n) is 5.70. The summed E-state index contributed by atoms with van der Waals surface area (Å²) in [7, 11) is 0. The van der Waals surface area contributed by atoms with Gasteiger partial charge in [0.1, 0.15) is 0 Å². The first-order chi connectivity index (χ1) is 11.0. The molecule has 0 aliphatic rings. The molecule has 2 amide bonds. The number of hydrogen-bond acceptors (Lipinski definition) is 3. The van der Waals surface area contributed by atoms with Crippen molar-refractivity contribution >= 4 is 11.8 Å². The summed E-state index contributed by atoms with van der Waals surface area (Å²) >= 11 is 0. The molecule has 5 heteroatoms. The third kappa shape index (κ3) is 4.64. The van der Waals surface area contributed by atoms with Crippen LogP contribution in [-0.2, 0) is 6.54 Å². The smallest absolute Gasteiger partial charge is 0.253 e. The van der Waals surface area contributed by atoms with Gasteiger partial charge in [-0.15, -0.1) is 0 Å². The number of pyridine rings is 1. The van der Waals surface area contributed by atoms with E-state index in [-0.39, 0.29) is 17.9 Å². The normalized spacial score (nSPS) is 10.4. The largest absolute Gasteiger partial charge is 0.350 e. The summed E-state index contributed by atoms with van der Waals surface area (Å²) in [6, 6.07) is 9.45. The first-order valence-corrected chi connectivity index (χ1v) is 7.56. The molecule has 2 rings (SSSR count). The van der Waals surface area contributed by atoms with Crippen molar-refractivity contribution in [3.63, 3.8) is 0 Å². The minimum Gasteiger partial charge on any atom is -0.350 e. The minimum atomic E-state index is -0.250. The highest BCUT2D eigenvalue weighted by Gasteiger charge is 2.12. The maximum absolute atomic E-state index is 12.2. The Morgan fingerprint density at radius 1 is 1.09 bits per heavy atom. The Kier molecular flexibility index (Phi) is 5.46. The molecule has 0 spiro atoms. The number of carbonyl (C=O) groups is 2. The SMILES string of the molecule is Cc1ccccc1CNC(=O)c1cncc(C(=O)NC(C)C)c1. The van der Waals surface area contributed by atoms with Crippen LogP contribution in [0.4, 0.5) is 0 Å². The van der Waals surface area contributed by atoms with Gasteiger partial charge in [-0.3, -0.25) is 14.6 Å². The van der Waals surface area contributed by atoms with E-state index in [0.717, 1.165) is 11.1 Å². The van der Waals surface area contributed by atoms with E-state index in [2.05, 4.69) is 15.6 Å². The van der Waals surface area contributed by atoms with Crippen molar-refractivity contribution in [1.82, 2.24) is 15.6 Å². The van der Waals surface area contributed by atoms with Crippen molar-refractivity contribution in [2.45, 2.75) is 33.4 Å². The molecule has 0 aliphatic heterocycles. The number of aromatic nitrogens is 1. The van der Waals surface area contributed by atoms with Crippen LogP contribution in [0.1, 0.15) is 45.7 Å². The molecule has 120 valence electrons. The van der Waals surface area contributed by atoms with Crippen molar-refractivity contribution in [1.29, 1.82) is 0 Å². The molecule has 2 aromatic rings. The molecule has 0 atom stereocenters. The molecule has 0 saturated carbocycles. The molecule has 2 N–H and O–H groups in total. The molecule has 5 nitrogen and oxygen atoms in total. The van der Waals surface area contributed by atoms with Crippen LogP contribution in [0.3, 0.4) is 0 Å². The van der Waals surface area contributed by atoms with E-state index in [1.54, 1.807) is 6.07 Å². The van der Waals surface area contributed by atoms with Crippen molar-refractivity contribution in [3.8, 4) is 0 Å². The Hall–Kier alpha value is -2.69. The molecule has 0 bridgehead atoms. The van der Waals surface area contributed by atoms with Crippen LogP contribution < -0.4 is 10.6 Å². The second kappa shape index (κ2) is 7.54. The van der Waals surface area contributed by atoms with E-state index in [4.69, 9.17) is 0 Å². The number of aryl methyl sites for hydroxylation is 1. The number of amides is 2. The lowest BCUT2D eigenvalue weighted by Gasteiger charge is -2.10. The van der Waals surface area contributed by atoms with E-state index < -0.39 is 0 Å². The zero-order valence-electron chi connectivity index (χ0n) is 13.6. The van der Waals surface area contributed by atoms with Crippen LogP contribution in [0.25, 0.3) is 0 Å². The summed E-state index contributed by atoms with van der Waals surface area (Å²) in [6.07, 6.45) is 2.91. The van der Waals surface area contributed by atoms with Gasteiger partial charge >= 0.3 is 0 Å². The van der Waals surface area contributed by atoms with Crippen LogP contribution >= 0.6 is 0 Å². The lowest BCUT2D eigenvalue weighted by atomic mass is 10.1. The number of nitrogens with one attached hydrogen (secondary N) is 2. The van der Waals surface area contributed by atoms with Crippen LogP contribution in [0.5, 0.6) is 0 Å². The Labute approximate surface area is 136 Å². The predicted molar refractivity (Wildman–Crippen MR) is 89.2 cm³/mol. The number of rotatable bonds is 5. The van der Waals surface area contributed by atoms with Crippen molar-refractivity contribution in [2.24, 2.45) is 0 Å². The molecule has 1 aromatic heterocycles. The molecular weight excluding hydrogens is 290 g/mol. The summed E-state index contributed by atoms with van der Waals surface area (Å²) in [5, 5.41) is 5.63. The fourth-order valence-corrected chi connectivity index (χ4v) is 2.12. The summed E-state index contributed by atoms with van der Waals surface area (Å²) in [4.78, 5) is 28.2. The van der Waals surface area contributed by atoms with Gasteiger partial charge in [-0.1, -0.05) is 24.3 Å². The Bertz CT molecular complexity index is 711. The van der Waals surface area contributed by atoms with E-state index in [1.807, 2.05) is 45.0 Å². The Morgan fingerprint density at radius 3 is 2.39 bits per heavy atom. The third-order valence-electron chi connectivity index (χ3n) is 3.38. The van der Waals surface area contributed by atoms with E-state index in [9.17, 15) is 9.59 Å². The Morgan fingerprint density at radius 2 is 1.74 bits per heavy atom. The topological polar surface area (TPSA) is 71.1 Å². The van der Waals surface area contributed by atoms with Gasteiger partial charge in [-0.2, -0.15) is 0 Å². The van der Waals surface area contributed by atoms with Crippen molar-refractivity contribution in [3.05, 3.63) is 65.0 Å². The van der Waals surface area contributed by atoms with Gasteiger partial charge in [-0.25, -0.2) is 0 Å². The molecule has 0 unspecified atom stereocenters. The summed E-state index contributed by atoms with van der Waals surface area (Å²) in [6.45, 7) is 6.20. The van der Waals surface area contributed by atoms with Gasteiger partial charge in [0.2, 0.25) is 0 Å². The summed E-state index contributed by atoms with van der Waals surface area (Å²) in [5.74, 6) is -0.485. The van der Waals surface area contributed by atoms with E-state index in [1.165, 1.54) is 12.4 Å². The van der Waals surface area contributed by atoms with Crippen LogP contribution in [-0.4, -0.2) is 22.8 Å². The summed E-state index contributed by atoms with van der Waals surface area (Å²) in [5.41, 5.74) is 2.93. The highest BCUT2D eigenvalue weighted by Crippen LogP contribution is 2.08. The number of carbonyl (C=O) groups excluding carboxylic acids is 2. The van der Waals surface area contributed by atoms with Gasteiger partial charge in [0.25, 0.3) is 11.8 Å². The molecule has 0 radical (unpaired) electrons. The number of benzene rings is 1. The van der Waals surface area contributed by atoms with E-state index >= 15 is 0 Å². The molecule has 0 saturated heterocycles. The summed E-state index contributed by atoms with van der Waals surface area (Å²) < 4.78 is 0. The van der Waals surface area contributed by atoms with Crippen LogP contribution in [0, 0.1) is 6.92 Å². The zero-order valence-corrected chi connectivity index (χ0v) is 13.6. The van der Waals surface area contributed by atoms with Gasteiger partial charge in [0, 0.05) is 25.0 Å². The highest BCUT2D eigenvalue weighted by atomic mass is 16.2. The molecule has 0 fully saturated rings. The van der Waals surface area contributed by atoms with Gasteiger partial charge < -0.3 is 10.6 Å². The quantitative estimate of drug-likeness (QED) is 0.891. The van der Waals surface area contributed by atoms with Gasteiger partial charge in [0.05, 0.1) is 11.1 Å². The Balaban J connectivity index is 2.05. The first kappa shape index (κ1) is 16.7. The molecule has 1 aromatic carbocycles. The third-order valence-corrected chi connectivity index (χ3v) is 3.38.